The predicted octanol–water partition coefficient (Wildman–Crippen LogP) is 1.27. The molecule has 118 valence electrons. The van der Waals surface area contributed by atoms with Crippen molar-refractivity contribution < 1.29 is 4.74 Å². The zero-order valence-electron chi connectivity index (χ0n) is 13.8. The molecular weight excluding hydrogens is 250 g/mol. The van der Waals surface area contributed by atoms with Crippen molar-refractivity contribution in [3.63, 3.8) is 0 Å². The molecule has 1 N–H and O–H groups in total. The van der Waals surface area contributed by atoms with E-state index in [-0.39, 0.29) is 0 Å². The summed E-state index contributed by atoms with van der Waals surface area (Å²) in [5.74, 6) is 1.43. The highest BCUT2D eigenvalue weighted by molar-refractivity contribution is 4.90. The van der Waals surface area contributed by atoms with Gasteiger partial charge in [-0.25, -0.2) is 0 Å². The lowest BCUT2D eigenvalue weighted by Crippen LogP contribution is -2.48. The topological polar surface area (TPSA) is 27.7 Å². The molecule has 2 heterocycles. The standard InChI is InChI=1S/C16H33N3O/c1-5-7-17-15-6-8-20-12-14(15)10-19-9-13(2)16(11-19)18(3)4/h13-17H,5-12H2,1-4H3. The van der Waals surface area contributed by atoms with Crippen molar-refractivity contribution in [1.29, 1.82) is 0 Å². The Hall–Kier alpha value is -0.160. The first-order chi connectivity index (χ1) is 9.61. The Morgan fingerprint density at radius 2 is 2.10 bits per heavy atom. The zero-order chi connectivity index (χ0) is 14.5. The minimum Gasteiger partial charge on any atom is -0.381 e. The van der Waals surface area contributed by atoms with Gasteiger partial charge in [0.1, 0.15) is 0 Å². The van der Waals surface area contributed by atoms with Gasteiger partial charge in [-0.1, -0.05) is 13.8 Å². The van der Waals surface area contributed by atoms with E-state index in [1.165, 1.54) is 32.5 Å². The molecule has 0 spiro atoms. The second-order valence-corrected chi connectivity index (χ2v) is 6.91. The second kappa shape index (κ2) is 7.74. The van der Waals surface area contributed by atoms with Crippen LogP contribution in [0.5, 0.6) is 0 Å². The molecule has 0 saturated carbocycles. The molecule has 2 aliphatic heterocycles. The minimum absolute atomic E-state index is 0.650. The molecule has 2 aliphatic rings. The fourth-order valence-corrected chi connectivity index (χ4v) is 3.78. The van der Waals surface area contributed by atoms with Crippen LogP contribution in [0, 0.1) is 11.8 Å². The Kier molecular flexibility index (Phi) is 6.27. The van der Waals surface area contributed by atoms with Crippen LogP contribution in [-0.2, 0) is 4.74 Å². The largest absolute Gasteiger partial charge is 0.381 e. The number of likely N-dealkylation sites (N-methyl/N-ethyl adjacent to an activating group) is 1. The summed E-state index contributed by atoms with van der Waals surface area (Å²) >= 11 is 0. The number of nitrogens with one attached hydrogen (secondary N) is 1. The molecule has 4 atom stereocenters. The predicted molar refractivity (Wildman–Crippen MR) is 84.1 cm³/mol. The number of rotatable bonds is 6. The van der Waals surface area contributed by atoms with Crippen LogP contribution in [0.25, 0.3) is 0 Å². The van der Waals surface area contributed by atoms with Crippen molar-refractivity contribution >= 4 is 0 Å². The first-order valence-electron chi connectivity index (χ1n) is 8.31. The van der Waals surface area contributed by atoms with Crippen LogP contribution in [0.2, 0.25) is 0 Å². The fraction of sp³-hybridized carbons (Fsp3) is 1.00. The summed E-state index contributed by atoms with van der Waals surface area (Å²) in [6.45, 7) is 11.3. The molecule has 2 saturated heterocycles. The van der Waals surface area contributed by atoms with Crippen molar-refractivity contribution in [2.45, 2.75) is 38.8 Å². The average molecular weight is 283 g/mol. The van der Waals surface area contributed by atoms with Gasteiger partial charge in [-0.05, 0) is 39.4 Å². The molecule has 0 radical (unpaired) electrons. The third-order valence-corrected chi connectivity index (χ3v) is 4.93. The van der Waals surface area contributed by atoms with Crippen LogP contribution >= 0.6 is 0 Å². The molecule has 0 aromatic heterocycles. The van der Waals surface area contributed by atoms with Crippen molar-refractivity contribution in [1.82, 2.24) is 15.1 Å². The van der Waals surface area contributed by atoms with Crippen LogP contribution in [0.4, 0.5) is 0 Å². The van der Waals surface area contributed by atoms with E-state index >= 15 is 0 Å². The Labute approximate surface area is 124 Å². The van der Waals surface area contributed by atoms with Gasteiger partial charge in [-0.15, -0.1) is 0 Å². The van der Waals surface area contributed by atoms with Gasteiger partial charge in [-0.3, -0.25) is 0 Å². The molecular formula is C16H33N3O. The van der Waals surface area contributed by atoms with Crippen LogP contribution in [0.15, 0.2) is 0 Å². The monoisotopic (exact) mass is 283 g/mol. The number of hydrogen-bond acceptors (Lipinski definition) is 4. The summed E-state index contributed by atoms with van der Waals surface area (Å²) in [5, 5.41) is 3.72. The van der Waals surface area contributed by atoms with Crippen molar-refractivity contribution in [3.8, 4) is 0 Å². The lowest BCUT2D eigenvalue weighted by molar-refractivity contribution is 0.0187. The molecule has 0 bridgehead atoms. The summed E-state index contributed by atoms with van der Waals surface area (Å²) < 4.78 is 5.73. The summed E-state index contributed by atoms with van der Waals surface area (Å²) in [7, 11) is 4.42. The second-order valence-electron chi connectivity index (χ2n) is 6.91. The van der Waals surface area contributed by atoms with Crippen molar-refractivity contribution in [2.24, 2.45) is 11.8 Å². The maximum atomic E-state index is 5.73. The first kappa shape index (κ1) is 16.2. The molecule has 4 nitrogen and oxygen atoms in total. The van der Waals surface area contributed by atoms with E-state index in [0.29, 0.717) is 18.0 Å². The van der Waals surface area contributed by atoms with Gasteiger partial charge in [0.05, 0.1) is 6.61 Å². The minimum atomic E-state index is 0.650. The van der Waals surface area contributed by atoms with E-state index in [9.17, 15) is 0 Å². The summed E-state index contributed by atoms with van der Waals surface area (Å²) in [6.07, 6.45) is 2.39. The average Bonchev–Trinajstić information content (AvgIpc) is 2.79. The van der Waals surface area contributed by atoms with E-state index in [1.807, 2.05) is 0 Å². The molecule has 4 unspecified atom stereocenters. The number of ether oxygens (including phenoxy) is 1. The molecule has 0 aromatic carbocycles. The number of nitrogens with zero attached hydrogens (tertiary/aromatic N) is 2. The molecule has 0 aromatic rings. The molecule has 4 heteroatoms. The van der Waals surface area contributed by atoms with Gasteiger partial charge in [-0.2, -0.15) is 0 Å². The Bertz CT molecular complexity index is 285. The lowest BCUT2D eigenvalue weighted by atomic mass is 9.95. The molecule has 0 aliphatic carbocycles. The summed E-state index contributed by atoms with van der Waals surface area (Å²) in [4.78, 5) is 5.03. The maximum Gasteiger partial charge on any atom is 0.0521 e. The molecule has 20 heavy (non-hydrogen) atoms. The molecule has 0 amide bonds. The van der Waals surface area contributed by atoms with Crippen LogP contribution in [0.1, 0.15) is 26.7 Å². The van der Waals surface area contributed by atoms with Gasteiger partial charge in [0.2, 0.25) is 0 Å². The lowest BCUT2D eigenvalue weighted by Gasteiger charge is -2.35. The van der Waals surface area contributed by atoms with E-state index in [1.54, 1.807) is 0 Å². The van der Waals surface area contributed by atoms with Gasteiger partial charge in [0.25, 0.3) is 0 Å². The van der Waals surface area contributed by atoms with Gasteiger partial charge in [0.15, 0.2) is 0 Å². The van der Waals surface area contributed by atoms with E-state index < -0.39 is 0 Å². The van der Waals surface area contributed by atoms with Crippen molar-refractivity contribution in [2.75, 3.05) is 53.5 Å². The first-order valence-corrected chi connectivity index (χ1v) is 8.31. The normalized spacial score (nSPS) is 35.9. The number of hydrogen-bond donors (Lipinski definition) is 1. The smallest absolute Gasteiger partial charge is 0.0521 e. The van der Waals surface area contributed by atoms with Crippen LogP contribution in [0.3, 0.4) is 0 Å². The highest BCUT2D eigenvalue weighted by atomic mass is 16.5. The maximum absolute atomic E-state index is 5.73. The molecule has 2 fully saturated rings. The Balaban J connectivity index is 1.84. The van der Waals surface area contributed by atoms with Gasteiger partial charge < -0.3 is 19.9 Å². The SMILES string of the molecule is CCCNC1CCOCC1CN1CC(C)C(N(C)C)C1. The molecule has 2 rings (SSSR count). The van der Waals surface area contributed by atoms with Gasteiger partial charge in [0, 0.05) is 44.2 Å². The van der Waals surface area contributed by atoms with Crippen LogP contribution in [-0.4, -0.2) is 75.4 Å². The van der Waals surface area contributed by atoms with Crippen molar-refractivity contribution in [3.05, 3.63) is 0 Å². The van der Waals surface area contributed by atoms with E-state index in [2.05, 4.69) is 43.1 Å². The third-order valence-electron chi connectivity index (χ3n) is 4.93. The Morgan fingerprint density at radius 3 is 2.75 bits per heavy atom. The van der Waals surface area contributed by atoms with Crippen LogP contribution < -0.4 is 5.32 Å². The van der Waals surface area contributed by atoms with E-state index in [0.717, 1.165) is 25.7 Å². The summed E-state index contributed by atoms with van der Waals surface area (Å²) in [5.41, 5.74) is 0. The summed E-state index contributed by atoms with van der Waals surface area (Å²) in [6, 6.07) is 1.36. The van der Waals surface area contributed by atoms with Gasteiger partial charge >= 0.3 is 0 Å². The highest BCUT2D eigenvalue weighted by Crippen LogP contribution is 2.23. The Morgan fingerprint density at radius 1 is 1.30 bits per heavy atom. The third kappa shape index (κ3) is 4.17. The quantitative estimate of drug-likeness (QED) is 0.794. The fourth-order valence-electron chi connectivity index (χ4n) is 3.78. The van der Waals surface area contributed by atoms with E-state index in [4.69, 9.17) is 4.74 Å². The number of likely N-dealkylation sites (tertiary alicyclic amines) is 1. The zero-order valence-corrected chi connectivity index (χ0v) is 13.8. The highest BCUT2D eigenvalue weighted by Gasteiger charge is 2.34.